The van der Waals surface area contributed by atoms with E-state index in [1.165, 1.54) is 0 Å². The summed E-state index contributed by atoms with van der Waals surface area (Å²) in [4.78, 5) is 65.6. The van der Waals surface area contributed by atoms with Gasteiger partial charge in [0.25, 0.3) is 11.1 Å². The zero-order valence-corrected chi connectivity index (χ0v) is 36.1. The Hall–Kier alpha value is -5.54. The van der Waals surface area contributed by atoms with Crippen molar-refractivity contribution in [2.75, 3.05) is 26.3 Å². The number of pyridine rings is 4. The topological polar surface area (TPSA) is 175 Å². The van der Waals surface area contributed by atoms with Gasteiger partial charge in [0.2, 0.25) is 11.8 Å². The Bertz CT molecular complexity index is 2200. The molecule has 4 aromatic heterocycles. The first kappa shape index (κ1) is 44.5. The van der Waals surface area contributed by atoms with Crippen molar-refractivity contribution in [1.82, 2.24) is 39.5 Å². The lowest BCUT2D eigenvalue weighted by Gasteiger charge is -2.30. The summed E-state index contributed by atoms with van der Waals surface area (Å²) in [6.45, 7) is 10.8. The molecule has 62 heavy (non-hydrogen) atoms. The van der Waals surface area contributed by atoms with Crippen molar-refractivity contribution in [2.45, 2.75) is 90.9 Å². The first-order chi connectivity index (χ1) is 30.2. The minimum atomic E-state index is -0.465. The normalized spacial score (nSPS) is 25.0. The number of aromatic nitrogens is 4. The highest BCUT2D eigenvalue weighted by Gasteiger charge is 2.57. The van der Waals surface area contributed by atoms with Crippen LogP contribution in [0.15, 0.2) is 94.8 Å². The average molecular weight is 845 g/mol. The van der Waals surface area contributed by atoms with E-state index in [4.69, 9.17) is 0 Å². The maximum atomic E-state index is 13.2. The largest absolute Gasteiger partial charge is 0.396 e. The number of hydrogen-bond donors (Lipinski definition) is 4. The van der Waals surface area contributed by atoms with Crippen LogP contribution in [0.25, 0.3) is 12.2 Å². The van der Waals surface area contributed by atoms with Crippen LogP contribution in [0.1, 0.15) is 86.5 Å². The van der Waals surface area contributed by atoms with Gasteiger partial charge in [0.1, 0.15) is 0 Å². The van der Waals surface area contributed by atoms with Crippen LogP contribution in [0.3, 0.4) is 0 Å². The Labute approximate surface area is 363 Å². The van der Waals surface area contributed by atoms with Crippen LogP contribution >= 0.6 is 0 Å². The molecule has 8 rings (SSSR count). The molecule has 4 N–H and O–H groups in total. The zero-order chi connectivity index (χ0) is 43.9. The second kappa shape index (κ2) is 20.1. The van der Waals surface area contributed by atoms with Crippen LogP contribution in [0.4, 0.5) is 0 Å². The molecule has 328 valence electrons. The minimum Gasteiger partial charge on any atom is -0.396 e. The van der Waals surface area contributed by atoms with E-state index < -0.39 is 12.1 Å². The van der Waals surface area contributed by atoms with Crippen molar-refractivity contribution in [1.29, 1.82) is 0 Å². The quantitative estimate of drug-likeness (QED) is 0.146. The molecule has 4 aliphatic rings. The van der Waals surface area contributed by atoms with Crippen LogP contribution < -0.4 is 21.8 Å². The highest BCUT2D eigenvalue weighted by Crippen LogP contribution is 2.51. The summed E-state index contributed by atoms with van der Waals surface area (Å²) in [5.41, 5.74) is 4.80. The standard InChI is InChI=1S/2C24H30N4O3/c2*1-3-7-16-9-10-20-21-18(14-27(20)24(16)31)19(15-29)22(23(30)26-11-4-2)28(21)13-17-8-5-6-12-25-17/h2*3,5-10,12,18-19,21-22,29H,4,11,13-15H2,1-2H3,(H,26,30)/b7-3+;7-3-/t2*18-,19-,21+,22-/m11/s1. The Morgan fingerprint density at radius 1 is 0.661 bits per heavy atom. The highest BCUT2D eigenvalue weighted by molar-refractivity contribution is 5.83. The van der Waals surface area contributed by atoms with Gasteiger partial charge in [0.05, 0.1) is 35.6 Å². The van der Waals surface area contributed by atoms with Crippen LogP contribution in [-0.4, -0.2) is 89.3 Å². The Morgan fingerprint density at radius 3 is 1.42 bits per heavy atom. The fourth-order valence-corrected chi connectivity index (χ4v) is 10.3. The first-order valence-electron chi connectivity index (χ1n) is 22.0. The third-order valence-corrected chi connectivity index (χ3v) is 12.9. The molecule has 14 heteroatoms. The second-order valence-electron chi connectivity index (χ2n) is 16.6. The average Bonchev–Trinajstić information content (AvgIpc) is 4.02. The fourth-order valence-electron chi connectivity index (χ4n) is 10.3. The zero-order valence-electron chi connectivity index (χ0n) is 36.1. The predicted molar refractivity (Wildman–Crippen MR) is 238 cm³/mol. The van der Waals surface area contributed by atoms with Crippen LogP contribution in [-0.2, 0) is 35.8 Å². The number of allylic oxidation sites excluding steroid dienone is 2. The number of carbonyl (C=O) groups is 2. The first-order valence-corrected chi connectivity index (χ1v) is 22.0. The number of aliphatic hydroxyl groups is 2. The molecule has 0 spiro atoms. The number of rotatable bonds is 14. The Morgan fingerprint density at radius 2 is 1.08 bits per heavy atom. The molecule has 2 saturated heterocycles. The maximum absolute atomic E-state index is 13.2. The number of amides is 2. The van der Waals surface area contributed by atoms with Gasteiger partial charge >= 0.3 is 0 Å². The number of carbonyl (C=O) groups excluding carboxylic acids is 2. The van der Waals surface area contributed by atoms with Crippen LogP contribution in [0, 0.1) is 23.7 Å². The summed E-state index contributed by atoms with van der Waals surface area (Å²) >= 11 is 0. The summed E-state index contributed by atoms with van der Waals surface area (Å²) < 4.78 is 3.64. The van der Waals surface area contributed by atoms with E-state index in [0.717, 1.165) is 35.6 Å². The lowest BCUT2D eigenvalue weighted by molar-refractivity contribution is -0.128. The third kappa shape index (κ3) is 8.61. The van der Waals surface area contributed by atoms with Crippen molar-refractivity contribution in [3.8, 4) is 0 Å². The fraction of sp³-hybridized carbons (Fsp3) is 0.458. The molecular formula is C48H60N8O6. The molecule has 2 fully saturated rings. The van der Waals surface area contributed by atoms with Gasteiger partial charge in [-0.1, -0.05) is 50.3 Å². The lowest BCUT2D eigenvalue weighted by atomic mass is 9.88. The van der Waals surface area contributed by atoms with Crippen molar-refractivity contribution in [3.05, 3.63) is 140 Å². The number of nitrogens with one attached hydrogen (secondary N) is 2. The van der Waals surface area contributed by atoms with Gasteiger partial charge in [-0.15, -0.1) is 0 Å². The lowest BCUT2D eigenvalue weighted by Crippen LogP contribution is -2.48. The van der Waals surface area contributed by atoms with Crippen molar-refractivity contribution in [3.63, 3.8) is 0 Å². The van der Waals surface area contributed by atoms with Crippen LogP contribution in [0.5, 0.6) is 0 Å². The SMILES string of the molecule is C/C=C/c1ccc2n(c1=O)C[C@@H]1[C@@H](CO)[C@H](C(=O)NCCC)N(Cc3ccccn3)[C@H]21.C/C=C\c1ccc2n(c1=O)C[C@@H]1[C@@H](CO)[C@H](C(=O)NCCC)N(Cc3ccccn3)[C@H]21. The number of aliphatic hydroxyl groups excluding tert-OH is 2. The highest BCUT2D eigenvalue weighted by atomic mass is 16.3. The van der Waals surface area contributed by atoms with Gasteiger partial charge in [-0.3, -0.25) is 38.9 Å². The molecule has 0 unspecified atom stereocenters. The van der Waals surface area contributed by atoms with Gasteiger partial charge in [-0.05, 0) is 75.2 Å². The molecule has 2 amide bonds. The van der Waals surface area contributed by atoms with Crippen molar-refractivity contribution in [2.24, 2.45) is 23.7 Å². The van der Waals surface area contributed by atoms with Crippen molar-refractivity contribution >= 4 is 24.0 Å². The van der Waals surface area contributed by atoms with Crippen molar-refractivity contribution < 1.29 is 19.8 Å². The molecule has 0 aliphatic carbocycles. The van der Waals surface area contributed by atoms with Gasteiger partial charge in [0, 0.05) is 111 Å². The van der Waals surface area contributed by atoms with E-state index in [2.05, 4.69) is 30.4 Å². The Balaban J connectivity index is 0.000000186. The predicted octanol–water partition coefficient (Wildman–Crippen LogP) is 3.93. The number of likely N-dealkylation sites (tertiary alicyclic amines) is 2. The van der Waals surface area contributed by atoms with E-state index in [9.17, 15) is 29.4 Å². The molecule has 0 radical (unpaired) electrons. The molecule has 14 nitrogen and oxygen atoms in total. The molecule has 4 aromatic rings. The van der Waals surface area contributed by atoms with Gasteiger partial charge in [0.15, 0.2) is 0 Å². The van der Waals surface area contributed by atoms with Gasteiger partial charge in [-0.25, -0.2) is 0 Å². The second-order valence-corrected chi connectivity index (χ2v) is 16.6. The van der Waals surface area contributed by atoms with E-state index >= 15 is 0 Å². The molecule has 8 heterocycles. The molecule has 8 atom stereocenters. The molecule has 0 saturated carbocycles. The molecule has 0 aromatic carbocycles. The van der Waals surface area contributed by atoms with E-state index in [1.54, 1.807) is 12.4 Å². The summed E-state index contributed by atoms with van der Waals surface area (Å²) in [6.07, 6.45) is 12.5. The molecule has 0 bridgehead atoms. The summed E-state index contributed by atoms with van der Waals surface area (Å²) in [5.74, 6) is -0.666. The summed E-state index contributed by atoms with van der Waals surface area (Å²) in [5, 5.41) is 26.6. The number of fused-ring (bicyclic) bond motifs is 6. The number of hydrogen-bond acceptors (Lipinski definition) is 10. The smallest absolute Gasteiger partial charge is 0.258 e. The summed E-state index contributed by atoms with van der Waals surface area (Å²) in [6, 6.07) is 18.0. The molecular weight excluding hydrogens is 785 g/mol. The maximum Gasteiger partial charge on any atom is 0.258 e. The summed E-state index contributed by atoms with van der Waals surface area (Å²) in [7, 11) is 0. The van der Waals surface area contributed by atoms with Crippen LogP contribution in [0.2, 0.25) is 0 Å². The van der Waals surface area contributed by atoms with Gasteiger partial charge < -0.3 is 30.0 Å². The van der Waals surface area contributed by atoms with E-state index in [0.29, 0.717) is 50.4 Å². The molecule has 4 aliphatic heterocycles. The third-order valence-electron chi connectivity index (χ3n) is 12.9. The minimum absolute atomic E-state index is 0.0142. The van der Waals surface area contributed by atoms with Gasteiger partial charge in [-0.2, -0.15) is 0 Å². The van der Waals surface area contributed by atoms with E-state index in [1.807, 2.05) is 122 Å². The monoisotopic (exact) mass is 844 g/mol. The Kier molecular flexibility index (Phi) is 14.4. The number of nitrogens with zero attached hydrogens (tertiary/aromatic N) is 6. The van der Waals surface area contributed by atoms with E-state index in [-0.39, 0.29) is 71.9 Å².